The molecule has 1 aromatic rings. The molecule has 1 aromatic carbocycles. The maximum atomic E-state index is 8.85. The fourth-order valence-electron chi connectivity index (χ4n) is 2.30. The van der Waals surface area contributed by atoms with Gasteiger partial charge >= 0.3 is 0 Å². The highest BCUT2D eigenvalue weighted by atomic mass is 15.1. The first-order valence-electron chi connectivity index (χ1n) is 5.48. The minimum atomic E-state index is 0.608. The molecule has 0 radical (unpaired) electrons. The van der Waals surface area contributed by atoms with Gasteiger partial charge in [0, 0.05) is 6.54 Å². The molecule has 2 nitrogen and oxygen atoms in total. The summed E-state index contributed by atoms with van der Waals surface area (Å²) in [6.07, 6.45) is 2.51. The second-order valence-electron chi connectivity index (χ2n) is 4.34. The standard InChI is InChI=1S/C13H16N2/c1-15-7-3-6-13(10-15)12-5-2-4-11(8-12)9-14/h2,4-5,8,13H,3,6-7,10H2,1H3/t13-/m0/s1. The molecular weight excluding hydrogens is 184 g/mol. The van der Waals surface area contributed by atoms with Gasteiger partial charge in [-0.2, -0.15) is 5.26 Å². The second-order valence-corrected chi connectivity index (χ2v) is 4.34. The number of likely N-dealkylation sites (tertiary alicyclic amines) is 1. The summed E-state index contributed by atoms with van der Waals surface area (Å²) in [7, 11) is 2.17. The maximum Gasteiger partial charge on any atom is 0.0991 e. The molecule has 2 rings (SSSR count). The zero-order valence-electron chi connectivity index (χ0n) is 9.11. The van der Waals surface area contributed by atoms with Crippen molar-refractivity contribution in [1.82, 2.24) is 4.90 Å². The van der Waals surface area contributed by atoms with Gasteiger partial charge in [0.2, 0.25) is 0 Å². The fraction of sp³-hybridized carbons (Fsp3) is 0.462. The molecular formula is C13H16N2. The summed E-state index contributed by atoms with van der Waals surface area (Å²) >= 11 is 0. The van der Waals surface area contributed by atoms with Crippen molar-refractivity contribution in [2.45, 2.75) is 18.8 Å². The number of hydrogen-bond acceptors (Lipinski definition) is 2. The molecule has 1 aliphatic rings. The first-order valence-corrected chi connectivity index (χ1v) is 5.48. The monoisotopic (exact) mass is 200 g/mol. The van der Waals surface area contributed by atoms with Crippen LogP contribution in [0.1, 0.15) is 29.9 Å². The number of piperidine rings is 1. The normalized spacial score (nSPS) is 22.3. The average molecular weight is 200 g/mol. The maximum absolute atomic E-state index is 8.85. The van der Waals surface area contributed by atoms with Gasteiger partial charge in [0.25, 0.3) is 0 Å². The first kappa shape index (κ1) is 10.2. The van der Waals surface area contributed by atoms with Crippen molar-refractivity contribution in [2.75, 3.05) is 20.1 Å². The predicted octanol–water partition coefficient (Wildman–Crippen LogP) is 2.37. The molecule has 0 saturated carbocycles. The van der Waals surface area contributed by atoms with Crippen LogP contribution in [0.25, 0.3) is 0 Å². The van der Waals surface area contributed by atoms with E-state index in [4.69, 9.17) is 5.26 Å². The molecule has 1 heterocycles. The minimum Gasteiger partial charge on any atom is -0.306 e. The van der Waals surface area contributed by atoms with Crippen LogP contribution in [-0.2, 0) is 0 Å². The van der Waals surface area contributed by atoms with Crippen molar-refractivity contribution in [3.63, 3.8) is 0 Å². The highest BCUT2D eigenvalue weighted by Crippen LogP contribution is 2.26. The van der Waals surface area contributed by atoms with Crippen LogP contribution >= 0.6 is 0 Å². The third-order valence-corrected chi connectivity index (χ3v) is 3.11. The fourth-order valence-corrected chi connectivity index (χ4v) is 2.30. The molecule has 1 aliphatic heterocycles. The summed E-state index contributed by atoms with van der Waals surface area (Å²) < 4.78 is 0. The zero-order chi connectivity index (χ0) is 10.7. The molecule has 0 amide bonds. The van der Waals surface area contributed by atoms with Gasteiger partial charge in [-0.3, -0.25) is 0 Å². The lowest BCUT2D eigenvalue weighted by atomic mass is 9.90. The SMILES string of the molecule is CN1CCC[C@H](c2cccc(C#N)c2)C1. The lowest BCUT2D eigenvalue weighted by molar-refractivity contribution is 0.251. The number of benzene rings is 1. The number of nitrogens with zero attached hydrogens (tertiary/aromatic N) is 2. The quantitative estimate of drug-likeness (QED) is 0.696. The van der Waals surface area contributed by atoms with E-state index in [9.17, 15) is 0 Å². The molecule has 1 fully saturated rings. The van der Waals surface area contributed by atoms with Gasteiger partial charge in [-0.1, -0.05) is 12.1 Å². The van der Waals surface area contributed by atoms with Gasteiger partial charge in [0.1, 0.15) is 0 Å². The van der Waals surface area contributed by atoms with E-state index in [2.05, 4.69) is 24.1 Å². The summed E-state index contributed by atoms with van der Waals surface area (Å²) in [5.74, 6) is 0.608. The van der Waals surface area contributed by atoms with Gasteiger partial charge in [0.15, 0.2) is 0 Å². The summed E-state index contributed by atoms with van der Waals surface area (Å²) in [6, 6.07) is 10.2. The number of likely N-dealkylation sites (N-methyl/N-ethyl adjacent to an activating group) is 1. The molecule has 1 saturated heterocycles. The number of rotatable bonds is 1. The number of hydrogen-bond donors (Lipinski definition) is 0. The topological polar surface area (TPSA) is 27.0 Å². The van der Waals surface area contributed by atoms with Crippen molar-refractivity contribution in [2.24, 2.45) is 0 Å². The first-order chi connectivity index (χ1) is 7.29. The Kier molecular flexibility index (Phi) is 3.03. The van der Waals surface area contributed by atoms with Crippen LogP contribution in [0.5, 0.6) is 0 Å². The smallest absolute Gasteiger partial charge is 0.0991 e. The van der Waals surface area contributed by atoms with E-state index < -0.39 is 0 Å². The minimum absolute atomic E-state index is 0.608. The molecule has 0 N–H and O–H groups in total. The van der Waals surface area contributed by atoms with E-state index in [1.807, 2.05) is 18.2 Å². The molecule has 0 aliphatic carbocycles. The van der Waals surface area contributed by atoms with Crippen LogP contribution in [0.15, 0.2) is 24.3 Å². The molecule has 78 valence electrons. The van der Waals surface area contributed by atoms with Crippen molar-refractivity contribution in [1.29, 1.82) is 5.26 Å². The third-order valence-electron chi connectivity index (χ3n) is 3.11. The van der Waals surface area contributed by atoms with E-state index in [0.29, 0.717) is 5.92 Å². The Morgan fingerprint density at radius 3 is 3.07 bits per heavy atom. The van der Waals surface area contributed by atoms with Gasteiger partial charge in [0.05, 0.1) is 11.6 Å². The van der Waals surface area contributed by atoms with E-state index in [0.717, 1.165) is 12.1 Å². The predicted molar refractivity (Wildman–Crippen MR) is 60.6 cm³/mol. The van der Waals surface area contributed by atoms with Gasteiger partial charge in [-0.25, -0.2) is 0 Å². The van der Waals surface area contributed by atoms with Crippen LogP contribution in [0.2, 0.25) is 0 Å². The van der Waals surface area contributed by atoms with Crippen molar-refractivity contribution in [3.05, 3.63) is 35.4 Å². The van der Waals surface area contributed by atoms with E-state index in [1.165, 1.54) is 24.9 Å². The lowest BCUT2D eigenvalue weighted by Crippen LogP contribution is -2.30. The summed E-state index contributed by atoms with van der Waals surface area (Å²) in [5, 5.41) is 8.85. The van der Waals surface area contributed by atoms with Crippen LogP contribution in [-0.4, -0.2) is 25.0 Å². The zero-order valence-corrected chi connectivity index (χ0v) is 9.11. The largest absolute Gasteiger partial charge is 0.306 e. The summed E-state index contributed by atoms with van der Waals surface area (Å²) in [4.78, 5) is 2.37. The Balaban J connectivity index is 2.18. The number of nitriles is 1. The van der Waals surface area contributed by atoms with Crippen LogP contribution in [0, 0.1) is 11.3 Å². The Bertz CT molecular complexity index is 378. The van der Waals surface area contributed by atoms with Crippen molar-refractivity contribution in [3.8, 4) is 6.07 Å². The van der Waals surface area contributed by atoms with Crippen LogP contribution in [0.4, 0.5) is 0 Å². The van der Waals surface area contributed by atoms with Gasteiger partial charge < -0.3 is 4.90 Å². The van der Waals surface area contributed by atoms with Gasteiger partial charge in [-0.05, 0) is 50.0 Å². The molecule has 0 bridgehead atoms. The molecule has 0 aromatic heterocycles. The molecule has 0 spiro atoms. The summed E-state index contributed by atoms with van der Waals surface area (Å²) in [6.45, 7) is 2.32. The average Bonchev–Trinajstić information content (AvgIpc) is 2.29. The summed E-state index contributed by atoms with van der Waals surface area (Å²) in [5.41, 5.74) is 2.10. The molecule has 2 heteroatoms. The lowest BCUT2D eigenvalue weighted by Gasteiger charge is -2.29. The van der Waals surface area contributed by atoms with E-state index in [1.54, 1.807) is 0 Å². The highest BCUT2D eigenvalue weighted by molar-refractivity contribution is 5.34. The second kappa shape index (κ2) is 4.46. The Labute approximate surface area is 91.1 Å². The Hall–Kier alpha value is -1.33. The van der Waals surface area contributed by atoms with Crippen molar-refractivity contribution < 1.29 is 0 Å². The Morgan fingerprint density at radius 2 is 2.33 bits per heavy atom. The van der Waals surface area contributed by atoms with E-state index >= 15 is 0 Å². The molecule has 15 heavy (non-hydrogen) atoms. The van der Waals surface area contributed by atoms with Crippen LogP contribution < -0.4 is 0 Å². The van der Waals surface area contributed by atoms with Gasteiger partial charge in [-0.15, -0.1) is 0 Å². The highest BCUT2D eigenvalue weighted by Gasteiger charge is 2.18. The van der Waals surface area contributed by atoms with Crippen LogP contribution in [0.3, 0.4) is 0 Å². The third kappa shape index (κ3) is 2.37. The van der Waals surface area contributed by atoms with E-state index in [-0.39, 0.29) is 0 Å². The van der Waals surface area contributed by atoms with Crippen molar-refractivity contribution >= 4 is 0 Å². The Morgan fingerprint density at radius 1 is 1.47 bits per heavy atom. The molecule has 0 unspecified atom stereocenters. The molecule has 1 atom stereocenters.